The summed E-state index contributed by atoms with van der Waals surface area (Å²) in [5, 5.41) is 0. The van der Waals surface area contributed by atoms with Crippen molar-refractivity contribution < 1.29 is 0 Å². The monoisotopic (exact) mass is 295 g/mol. The van der Waals surface area contributed by atoms with Gasteiger partial charge in [-0.3, -0.25) is 0 Å². The highest BCUT2D eigenvalue weighted by molar-refractivity contribution is 9.11. The van der Waals surface area contributed by atoms with Gasteiger partial charge in [-0.1, -0.05) is 29.3 Å². The zero-order valence-corrected chi connectivity index (χ0v) is 11.7. The molecule has 3 heteroatoms. The zero-order valence-electron chi connectivity index (χ0n) is 9.33. The second kappa shape index (κ2) is 4.70. The van der Waals surface area contributed by atoms with Crippen molar-refractivity contribution in [2.45, 2.75) is 19.9 Å². The molecule has 1 heterocycles. The largest absolute Gasteiger partial charge is 0.320 e. The van der Waals surface area contributed by atoms with E-state index in [2.05, 4.69) is 54.0 Å². The molecule has 84 valence electrons. The van der Waals surface area contributed by atoms with Crippen LogP contribution in [-0.4, -0.2) is 0 Å². The van der Waals surface area contributed by atoms with Gasteiger partial charge in [-0.25, -0.2) is 0 Å². The minimum Gasteiger partial charge on any atom is -0.320 e. The summed E-state index contributed by atoms with van der Waals surface area (Å²) in [5.41, 5.74) is 9.97. The van der Waals surface area contributed by atoms with Crippen molar-refractivity contribution in [1.82, 2.24) is 0 Å². The molecule has 0 saturated heterocycles. The van der Waals surface area contributed by atoms with Gasteiger partial charge in [0.2, 0.25) is 0 Å². The standard InChI is InChI=1S/C13H14BrNS/c1-8-5-9(2)7-10(6-8)13(15)11-3-4-12(14)16-11/h3-7,13H,15H2,1-2H3. The molecular weight excluding hydrogens is 282 g/mol. The normalized spacial score (nSPS) is 12.8. The van der Waals surface area contributed by atoms with Gasteiger partial charge in [-0.2, -0.15) is 0 Å². The van der Waals surface area contributed by atoms with Crippen molar-refractivity contribution in [3.05, 3.63) is 55.7 Å². The fraction of sp³-hybridized carbons (Fsp3) is 0.231. The fourth-order valence-corrected chi connectivity index (χ4v) is 3.30. The van der Waals surface area contributed by atoms with E-state index in [-0.39, 0.29) is 6.04 Å². The molecule has 0 radical (unpaired) electrons. The molecule has 1 atom stereocenters. The van der Waals surface area contributed by atoms with E-state index in [1.807, 2.05) is 6.07 Å². The van der Waals surface area contributed by atoms with Crippen LogP contribution in [0.15, 0.2) is 34.1 Å². The van der Waals surface area contributed by atoms with Crippen LogP contribution in [0, 0.1) is 13.8 Å². The minimum absolute atomic E-state index is 0.0186. The molecule has 0 aliphatic carbocycles. The van der Waals surface area contributed by atoms with E-state index >= 15 is 0 Å². The SMILES string of the molecule is Cc1cc(C)cc(C(N)c2ccc(Br)s2)c1. The van der Waals surface area contributed by atoms with E-state index in [0.717, 1.165) is 3.79 Å². The summed E-state index contributed by atoms with van der Waals surface area (Å²) in [6.45, 7) is 4.21. The molecule has 2 rings (SSSR count). The highest BCUT2D eigenvalue weighted by atomic mass is 79.9. The number of hydrogen-bond donors (Lipinski definition) is 1. The van der Waals surface area contributed by atoms with Crippen LogP contribution in [0.2, 0.25) is 0 Å². The Kier molecular flexibility index (Phi) is 3.47. The number of nitrogens with two attached hydrogens (primary N) is 1. The average Bonchev–Trinajstić information content (AvgIpc) is 2.62. The van der Waals surface area contributed by atoms with Crippen LogP contribution in [0.5, 0.6) is 0 Å². The summed E-state index contributed by atoms with van der Waals surface area (Å²) >= 11 is 5.16. The summed E-state index contributed by atoms with van der Waals surface area (Å²) in [6, 6.07) is 10.6. The Bertz CT molecular complexity index is 484. The lowest BCUT2D eigenvalue weighted by Gasteiger charge is -2.12. The second-order valence-corrected chi connectivity index (χ2v) is 6.54. The molecular formula is C13H14BrNS. The van der Waals surface area contributed by atoms with Gasteiger partial charge in [-0.05, 0) is 47.5 Å². The van der Waals surface area contributed by atoms with Crippen molar-refractivity contribution in [2.24, 2.45) is 5.73 Å². The van der Waals surface area contributed by atoms with Crippen LogP contribution in [0.1, 0.15) is 27.6 Å². The van der Waals surface area contributed by atoms with Gasteiger partial charge in [0, 0.05) is 4.88 Å². The molecule has 0 amide bonds. The van der Waals surface area contributed by atoms with Crippen LogP contribution in [0.25, 0.3) is 0 Å². The lowest BCUT2D eigenvalue weighted by atomic mass is 10.0. The van der Waals surface area contributed by atoms with E-state index in [4.69, 9.17) is 5.73 Å². The third-order valence-corrected chi connectivity index (χ3v) is 4.21. The van der Waals surface area contributed by atoms with Crippen LogP contribution in [-0.2, 0) is 0 Å². The summed E-state index contributed by atoms with van der Waals surface area (Å²) in [5.74, 6) is 0. The smallest absolute Gasteiger partial charge is 0.0702 e. The molecule has 1 aromatic heterocycles. The Morgan fingerprint density at radius 1 is 1.12 bits per heavy atom. The summed E-state index contributed by atoms with van der Waals surface area (Å²) in [4.78, 5) is 1.19. The quantitative estimate of drug-likeness (QED) is 0.884. The lowest BCUT2D eigenvalue weighted by molar-refractivity contribution is 0.889. The number of thiophene rings is 1. The highest BCUT2D eigenvalue weighted by Gasteiger charge is 2.11. The van der Waals surface area contributed by atoms with Crippen LogP contribution in [0.3, 0.4) is 0 Å². The first kappa shape index (κ1) is 11.8. The van der Waals surface area contributed by atoms with Gasteiger partial charge in [0.05, 0.1) is 9.83 Å². The van der Waals surface area contributed by atoms with Crippen molar-refractivity contribution >= 4 is 27.3 Å². The highest BCUT2D eigenvalue weighted by Crippen LogP contribution is 2.30. The van der Waals surface area contributed by atoms with Gasteiger partial charge in [0.1, 0.15) is 0 Å². The van der Waals surface area contributed by atoms with Crippen molar-refractivity contribution in [3.8, 4) is 0 Å². The Morgan fingerprint density at radius 3 is 2.25 bits per heavy atom. The first-order valence-corrected chi connectivity index (χ1v) is 6.76. The number of benzene rings is 1. The zero-order chi connectivity index (χ0) is 11.7. The molecule has 1 aromatic carbocycles. The maximum absolute atomic E-state index is 6.26. The minimum atomic E-state index is -0.0186. The van der Waals surface area contributed by atoms with E-state index in [0.29, 0.717) is 0 Å². The van der Waals surface area contributed by atoms with Gasteiger partial charge in [0.15, 0.2) is 0 Å². The molecule has 1 unspecified atom stereocenters. The predicted octanol–water partition coefficient (Wildman–Crippen LogP) is 4.18. The molecule has 0 spiro atoms. The lowest BCUT2D eigenvalue weighted by Crippen LogP contribution is -2.10. The second-order valence-electron chi connectivity index (χ2n) is 4.04. The van der Waals surface area contributed by atoms with Crippen LogP contribution >= 0.6 is 27.3 Å². The Balaban J connectivity index is 2.37. The van der Waals surface area contributed by atoms with E-state index < -0.39 is 0 Å². The van der Waals surface area contributed by atoms with Crippen LogP contribution in [0.4, 0.5) is 0 Å². The number of halogens is 1. The predicted molar refractivity (Wildman–Crippen MR) is 74.0 cm³/mol. The van der Waals surface area contributed by atoms with Crippen molar-refractivity contribution in [1.29, 1.82) is 0 Å². The molecule has 0 aliphatic heterocycles. The maximum atomic E-state index is 6.26. The summed E-state index contributed by atoms with van der Waals surface area (Å²) < 4.78 is 1.13. The Labute approximate surface area is 108 Å². The first-order valence-electron chi connectivity index (χ1n) is 5.15. The summed E-state index contributed by atoms with van der Waals surface area (Å²) in [6.07, 6.45) is 0. The molecule has 2 N–H and O–H groups in total. The van der Waals surface area contributed by atoms with Gasteiger partial charge in [0.25, 0.3) is 0 Å². The molecule has 16 heavy (non-hydrogen) atoms. The molecule has 0 saturated carbocycles. The van der Waals surface area contributed by atoms with Gasteiger partial charge >= 0.3 is 0 Å². The molecule has 1 nitrogen and oxygen atoms in total. The Morgan fingerprint density at radius 2 is 1.75 bits per heavy atom. The van der Waals surface area contributed by atoms with Gasteiger partial charge < -0.3 is 5.73 Å². The molecule has 0 fully saturated rings. The number of rotatable bonds is 2. The Hall–Kier alpha value is -0.640. The van der Waals surface area contributed by atoms with E-state index in [1.165, 1.54) is 21.6 Å². The average molecular weight is 296 g/mol. The number of aryl methyl sites for hydroxylation is 2. The topological polar surface area (TPSA) is 26.0 Å². The third-order valence-electron chi connectivity index (χ3n) is 2.50. The molecule has 0 bridgehead atoms. The molecule has 2 aromatic rings. The first-order chi connectivity index (χ1) is 7.56. The van der Waals surface area contributed by atoms with E-state index in [9.17, 15) is 0 Å². The number of hydrogen-bond acceptors (Lipinski definition) is 2. The molecule has 0 aliphatic rings. The van der Waals surface area contributed by atoms with E-state index in [1.54, 1.807) is 11.3 Å². The third kappa shape index (κ3) is 2.54. The van der Waals surface area contributed by atoms with Crippen molar-refractivity contribution in [3.63, 3.8) is 0 Å². The maximum Gasteiger partial charge on any atom is 0.0702 e. The van der Waals surface area contributed by atoms with Crippen LogP contribution < -0.4 is 5.73 Å². The summed E-state index contributed by atoms with van der Waals surface area (Å²) in [7, 11) is 0. The van der Waals surface area contributed by atoms with Crippen molar-refractivity contribution in [2.75, 3.05) is 0 Å². The fourth-order valence-electron chi connectivity index (χ4n) is 1.85. The van der Waals surface area contributed by atoms with Gasteiger partial charge in [-0.15, -0.1) is 11.3 Å².